The summed E-state index contributed by atoms with van der Waals surface area (Å²) >= 11 is 0. The predicted molar refractivity (Wildman–Crippen MR) is 92.6 cm³/mol. The van der Waals surface area contributed by atoms with E-state index in [0.717, 1.165) is 5.56 Å². The number of aromatic nitrogens is 4. The molecule has 3 aromatic heterocycles. The largest absolute Gasteiger partial charge is 0.492 e. The standard InChI is InChI=1S/C16H18N4O4S/c1-9-7-17-11(14(24-4)13(9)23-3)8-25(21)16-18-10-5-6-12(22-2)19-15(10)20-16/h5-7H,8H2,1-4H3,(H,18,19,20). The van der Waals surface area contributed by atoms with Gasteiger partial charge < -0.3 is 19.2 Å². The van der Waals surface area contributed by atoms with Crippen LogP contribution < -0.4 is 14.2 Å². The molecule has 1 atom stereocenters. The molecular formula is C16H18N4O4S. The zero-order chi connectivity index (χ0) is 18.0. The van der Waals surface area contributed by atoms with Crippen LogP contribution in [0, 0.1) is 6.92 Å². The Bertz CT molecular complexity index is 941. The average molecular weight is 362 g/mol. The molecule has 1 unspecified atom stereocenters. The highest BCUT2D eigenvalue weighted by Gasteiger charge is 2.19. The first-order valence-corrected chi connectivity index (χ1v) is 8.74. The number of imidazole rings is 1. The molecule has 3 aromatic rings. The van der Waals surface area contributed by atoms with Crippen molar-refractivity contribution < 1.29 is 18.4 Å². The minimum absolute atomic E-state index is 0.136. The van der Waals surface area contributed by atoms with Gasteiger partial charge in [-0.3, -0.25) is 9.19 Å². The van der Waals surface area contributed by atoms with Crippen LogP contribution in [0.3, 0.4) is 0 Å². The third kappa shape index (κ3) is 3.27. The molecule has 1 N–H and O–H groups in total. The molecule has 0 aliphatic heterocycles. The molecule has 0 amide bonds. The van der Waals surface area contributed by atoms with E-state index in [1.54, 1.807) is 25.4 Å². The number of hydrogen-bond acceptors (Lipinski definition) is 7. The van der Waals surface area contributed by atoms with Crippen molar-refractivity contribution in [2.45, 2.75) is 17.8 Å². The number of aryl methyl sites for hydroxylation is 1. The molecule has 3 rings (SSSR count). The molecular weight excluding hydrogens is 344 g/mol. The Morgan fingerprint density at radius 1 is 1.08 bits per heavy atom. The van der Waals surface area contributed by atoms with E-state index in [9.17, 15) is 4.21 Å². The molecule has 0 bridgehead atoms. The van der Waals surface area contributed by atoms with E-state index in [-0.39, 0.29) is 5.75 Å². The maximum atomic E-state index is 12.7. The molecule has 0 aliphatic carbocycles. The van der Waals surface area contributed by atoms with Crippen molar-refractivity contribution in [1.82, 2.24) is 19.9 Å². The van der Waals surface area contributed by atoms with Gasteiger partial charge in [-0.1, -0.05) is 0 Å². The molecule has 3 heterocycles. The first-order chi connectivity index (χ1) is 12.1. The van der Waals surface area contributed by atoms with Crippen LogP contribution >= 0.6 is 0 Å². The van der Waals surface area contributed by atoms with Gasteiger partial charge in [0, 0.05) is 17.8 Å². The summed E-state index contributed by atoms with van der Waals surface area (Å²) in [7, 11) is 3.17. The molecule has 0 aliphatic rings. The second-order valence-corrected chi connectivity index (χ2v) is 6.58. The van der Waals surface area contributed by atoms with E-state index in [1.165, 1.54) is 14.2 Å². The van der Waals surface area contributed by atoms with Crippen LogP contribution in [-0.2, 0) is 16.6 Å². The van der Waals surface area contributed by atoms with Crippen LogP contribution in [-0.4, -0.2) is 45.5 Å². The minimum atomic E-state index is -1.45. The number of H-pyrrole nitrogens is 1. The Kier molecular flexibility index (Phi) is 4.84. The summed E-state index contributed by atoms with van der Waals surface area (Å²) < 4.78 is 28.5. The second-order valence-electron chi connectivity index (χ2n) is 5.21. The zero-order valence-electron chi connectivity index (χ0n) is 14.3. The first kappa shape index (κ1) is 17.2. The van der Waals surface area contributed by atoms with Crippen LogP contribution in [0.4, 0.5) is 0 Å². The quantitative estimate of drug-likeness (QED) is 0.716. The summed E-state index contributed by atoms with van der Waals surface area (Å²) in [4.78, 5) is 15.8. The van der Waals surface area contributed by atoms with Crippen LogP contribution in [0.5, 0.6) is 17.4 Å². The number of hydrogen-bond donors (Lipinski definition) is 1. The Hall–Kier alpha value is -2.68. The monoisotopic (exact) mass is 362 g/mol. The maximum Gasteiger partial charge on any atom is 0.215 e. The highest BCUT2D eigenvalue weighted by atomic mass is 32.2. The number of nitrogens with one attached hydrogen (secondary N) is 1. The molecule has 25 heavy (non-hydrogen) atoms. The molecule has 0 spiro atoms. The highest BCUT2D eigenvalue weighted by Crippen LogP contribution is 2.33. The lowest BCUT2D eigenvalue weighted by atomic mass is 10.2. The Morgan fingerprint density at radius 2 is 1.84 bits per heavy atom. The van der Waals surface area contributed by atoms with E-state index in [4.69, 9.17) is 14.2 Å². The minimum Gasteiger partial charge on any atom is -0.492 e. The Morgan fingerprint density at radius 3 is 2.52 bits per heavy atom. The molecule has 0 radical (unpaired) electrons. The van der Waals surface area contributed by atoms with E-state index in [1.807, 2.05) is 6.92 Å². The summed E-state index contributed by atoms with van der Waals surface area (Å²) in [5, 5.41) is 0.319. The van der Waals surface area contributed by atoms with Crippen LogP contribution in [0.1, 0.15) is 11.3 Å². The number of rotatable bonds is 6. The SMILES string of the molecule is COc1ccc2[nH]c(S(=O)Cc3ncc(C)c(OC)c3OC)nc2n1. The normalized spacial score (nSPS) is 12.2. The van der Waals surface area contributed by atoms with Gasteiger partial charge in [0.25, 0.3) is 0 Å². The van der Waals surface area contributed by atoms with Crippen LogP contribution in [0.25, 0.3) is 11.2 Å². The summed E-state index contributed by atoms with van der Waals surface area (Å²) in [6.07, 6.45) is 1.67. The number of nitrogens with zero attached hydrogens (tertiary/aromatic N) is 3. The Labute approximate surface area is 147 Å². The molecule has 8 nitrogen and oxygen atoms in total. The number of aromatic amines is 1. The second kappa shape index (κ2) is 7.06. The van der Waals surface area contributed by atoms with Gasteiger partial charge in [0.15, 0.2) is 22.3 Å². The fourth-order valence-corrected chi connectivity index (χ4v) is 3.44. The van der Waals surface area contributed by atoms with E-state index < -0.39 is 10.8 Å². The molecule has 9 heteroatoms. The van der Waals surface area contributed by atoms with Crippen molar-refractivity contribution in [2.75, 3.05) is 21.3 Å². The summed E-state index contributed by atoms with van der Waals surface area (Å²) in [5.41, 5.74) is 2.51. The highest BCUT2D eigenvalue weighted by molar-refractivity contribution is 7.84. The third-order valence-electron chi connectivity index (χ3n) is 3.64. The molecule has 0 aromatic carbocycles. The summed E-state index contributed by atoms with van der Waals surface area (Å²) in [5.74, 6) is 1.65. The van der Waals surface area contributed by atoms with Crippen LogP contribution in [0.2, 0.25) is 0 Å². The van der Waals surface area contributed by atoms with Crippen molar-refractivity contribution in [3.63, 3.8) is 0 Å². The van der Waals surface area contributed by atoms with E-state index in [0.29, 0.717) is 39.4 Å². The van der Waals surface area contributed by atoms with Gasteiger partial charge in [0.05, 0.1) is 49.1 Å². The smallest absolute Gasteiger partial charge is 0.215 e. The van der Waals surface area contributed by atoms with Gasteiger partial charge in [-0.15, -0.1) is 0 Å². The summed E-state index contributed by atoms with van der Waals surface area (Å²) in [6, 6.07) is 3.49. The average Bonchev–Trinajstić information content (AvgIpc) is 3.05. The van der Waals surface area contributed by atoms with Gasteiger partial charge in [0.2, 0.25) is 5.88 Å². The van der Waals surface area contributed by atoms with Gasteiger partial charge in [-0.2, -0.15) is 4.98 Å². The fraction of sp³-hybridized carbons (Fsp3) is 0.312. The first-order valence-electron chi connectivity index (χ1n) is 7.43. The summed E-state index contributed by atoms with van der Waals surface area (Å²) in [6.45, 7) is 1.87. The zero-order valence-corrected chi connectivity index (χ0v) is 15.1. The Balaban J connectivity index is 1.92. The lowest BCUT2D eigenvalue weighted by molar-refractivity contribution is 0.348. The van der Waals surface area contributed by atoms with Crippen molar-refractivity contribution in [2.24, 2.45) is 0 Å². The van der Waals surface area contributed by atoms with E-state index in [2.05, 4.69) is 19.9 Å². The van der Waals surface area contributed by atoms with Gasteiger partial charge in [-0.05, 0) is 13.0 Å². The number of fused-ring (bicyclic) bond motifs is 1. The number of ether oxygens (including phenoxy) is 3. The van der Waals surface area contributed by atoms with Gasteiger partial charge in [0.1, 0.15) is 0 Å². The van der Waals surface area contributed by atoms with Crippen molar-refractivity contribution >= 4 is 22.0 Å². The fourth-order valence-electron chi connectivity index (χ4n) is 2.44. The maximum absolute atomic E-state index is 12.7. The predicted octanol–water partition coefficient (Wildman–Crippen LogP) is 1.99. The van der Waals surface area contributed by atoms with E-state index >= 15 is 0 Å². The van der Waals surface area contributed by atoms with Crippen LogP contribution in [0.15, 0.2) is 23.5 Å². The number of methoxy groups -OCH3 is 3. The molecule has 0 saturated heterocycles. The number of pyridine rings is 2. The molecule has 0 fully saturated rings. The van der Waals surface area contributed by atoms with Gasteiger partial charge in [-0.25, -0.2) is 4.98 Å². The van der Waals surface area contributed by atoms with Gasteiger partial charge >= 0.3 is 0 Å². The lowest BCUT2D eigenvalue weighted by Gasteiger charge is -2.13. The van der Waals surface area contributed by atoms with Crippen molar-refractivity contribution in [1.29, 1.82) is 0 Å². The topological polar surface area (TPSA) is 99.2 Å². The van der Waals surface area contributed by atoms with Crippen molar-refractivity contribution in [3.05, 3.63) is 29.6 Å². The molecule has 132 valence electrons. The lowest BCUT2D eigenvalue weighted by Crippen LogP contribution is -2.05. The third-order valence-corrected chi connectivity index (χ3v) is 4.80. The van der Waals surface area contributed by atoms with Crippen molar-refractivity contribution in [3.8, 4) is 17.4 Å². The molecule has 0 saturated carbocycles.